The van der Waals surface area contributed by atoms with Crippen molar-refractivity contribution in [3.05, 3.63) is 56.5 Å². The first-order valence-corrected chi connectivity index (χ1v) is 7.30. The van der Waals surface area contributed by atoms with Crippen LogP contribution >= 0.6 is 43.5 Å². The predicted octanol–water partition coefficient (Wildman–Crippen LogP) is 6.02. The van der Waals surface area contributed by atoms with Crippen molar-refractivity contribution in [2.24, 2.45) is 0 Å². The maximum atomic E-state index is 13.7. The van der Waals surface area contributed by atoms with Gasteiger partial charge in [0.05, 0.1) is 4.47 Å². The normalized spacial score (nSPS) is 10.6. The summed E-state index contributed by atoms with van der Waals surface area (Å²) < 4.78 is 34.2. The van der Waals surface area contributed by atoms with E-state index in [9.17, 15) is 8.78 Å². The lowest BCUT2D eigenvalue weighted by molar-refractivity contribution is 0.405. The van der Waals surface area contributed by atoms with Crippen LogP contribution in [0.2, 0.25) is 0 Å². The van der Waals surface area contributed by atoms with Crippen molar-refractivity contribution in [3.63, 3.8) is 0 Å². The highest BCUT2D eigenvalue weighted by Gasteiger charge is 2.15. The summed E-state index contributed by atoms with van der Waals surface area (Å²) in [6.45, 7) is 0. The van der Waals surface area contributed by atoms with Gasteiger partial charge in [0.25, 0.3) is 0 Å². The highest BCUT2D eigenvalue weighted by Crippen LogP contribution is 2.34. The summed E-state index contributed by atoms with van der Waals surface area (Å²) in [5.41, 5.74) is 0.360. The molecule has 6 heteroatoms. The number of hydrogen-bond acceptors (Lipinski definition) is 1. The highest BCUT2D eigenvalue weighted by atomic mass is 79.9. The van der Waals surface area contributed by atoms with E-state index >= 15 is 0 Å². The Morgan fingerprint density at radius 2 is 1.68 bits per heavy atom. The van der Waals surface area contributed by atoms with E-state index in [0.29, 0.717) is 15.8 Å². The van der Waals surface area contributed by atoms with Gasteiger partial charge in [0.1, 0.15) is 5.75 Å². The fourth-order valence-electron chi connectivity index (χ4n) is 1.45. The minimum absolute atomic E-state index is 0.0378. The van der Waals surface area contributed by atoms with E-state index in [1.54, 1.807) is 18.2 Å². The van der Waals surface area contributed by atoms with Crippen LogP contribution in [0, 0.1) is 11.6 Å². The van der Waals surface area contributed by atoms with E-state index in [-0.39, 0.29) is 5.88 Å². The molecule has 0 saturated heterocycles. The molecule has 19 heavy (non-hydrogen) atoms. The van der Waals surface area contributed by atoms with Crippen LogP contribution in [0.3, 0.4) is 0 Å². The second-order valence-corrected chi connectivity index (χ2v) is 5.74. The Balaban J connectivity index is 2.38. The van der Waals surface area contributed by atoms with Crippen LogP contribution in [0.5, 0.6) is 11.5 Å². The molecule has 2 aromatic carbocycles. The minimum Gasteiger partial charge on any atom is -0.450 e. The van der Waals surface area contributed by atoms with Gasteiger partial charge in [0.2, 0.25) is 0 Å². The molecule has 0 N–H and O–H groups in total. The van der Waals surface area contributed by atoms with Crippen molar-refractivity contribution in [2.75, 3.05) is 0 Å². The molecule has 0 aliphatic carbocycles. The van der Waals surface area contributed by atoms with Gasteiger partial charge in [-0.2, -0.15) is 0 Å². The average Bonchev–Trinajstić information content (AvgIpc) is 2.35. The molecule has 0 bridgehead atoms. The zero-order chi connectivity index (χ0) is 14.0. The first kappa shape index (κ1) is 14.8. The topological polar surface area (TPSA) is 9.23 Å². The molecule has 100 valence electrons. The van der Waals surface area contributed by atoms with Crippen molar-refractivity contribution in [1.82, 2.24) is 0 Å². The number of hydrogen-bond donors (Lipinski definition) is 0. The smallest absolute Gasteiger partial charge is 0.198 e. The molecule has 2 rings (SSSR count). The molecular weight excluding hydrogens is 405 g/mol. The largest absolute Gasteiger partial charge is 0.450 e. The summed E-state index contributed by atoms with van der Waals surface area (Å²) in [5, 5.41) is 0. The average molecular weight is 412 g/mol. The van der Waals surface area contributed by atoms with E-state index in [1.807, 2.05) is 0 Å². The van der Waals surface area contributed by atoms with Crippen molar-refractivity contribution in [2.45, 2.75) is 5.88 Å². The van der Waals surface area contributed by atoms with Crippen LogP contribution in [0.15, 0.2) is 39.3 Å². The van der Waals surface area contributed by atoms with E-state index in [4.69, 9.17) is 16.3 Å². The number of ether oxygens (including phenoxy) is 1. The Hall–Kier alpha value is -0.650. The lowest BCUT2D eigenvalue weighted by atomic mass is 10.2. The Morgan fingerprint density at radius 1 is 1.05 bits per heavy atom. The maximum absolute atomic E-state index is 13.7. The van der Waals surface area contributed by atoms with Crippen LogP contribution < -0.4 is 4.74 Å². The monoisotopic (exact) mass is 410 g/mol. The van der Waals surface area contributed by atoms with Crippen LogP contribution in [0.25, 0.3) is 0 Å². The SMILES string of the molecule is Fc1cc(CCl)cc(F)c1Oc1ccc(Br)cc1Br. The summed E-state index contributed by atoms with van der Waals surface area (Å²) in [7, 11) is 0. The molecule has 0 fully saturated rings. The van der Waals surface area contributed by atoms with Crippen LogP contribution in [0.4, 0.5) is 8.78 Å². The number of benzene rings is 2. The molecular formula is C13H7Br2ClF2O. The summed E-state index contributed by atoms with van der Waals surface area (Å²) in [5.74, 6) is -1.66. The van der Waals surface area contributed by atoms with Crippen molar-refractivity contribution in [1.29, 1.82) is 0 Å². The minimum atomic E-state index is -0.787. The first-order valence-electron chi connectivity index (χ1n) is 5.18. The maximum Gasteiger partial charge on any atom is 0.198 e. The third kappa shape index (κ3) is 3.46. The van der Waals surface area contributed by atoms with Gasteiger partial charge in [-0.1, -0.05) is 15.9 Å². The molecule has 0 amide bonds. The Labute approximate surface area is 130 Å². The molecule has 0 radical (unpaired) electrons. The first-order chi connectivity index (χ1) is 9.01. The number of alkyl halides is 1. The van der Waals surface area contributed by atoms with Gasteiger partial charge >= 0.3 is 0 Å². The van der Waals surface area contributed by atoms with Gasteiger partial charge < -0.3 is 4.74 Å². The third-order valence-corrected chi connectivity index (χ3v) is 3.74. The van der Waals surface area contributed by atoms with E-state index in [2.05, 4.69) is 31.9 Å². The second-order valence-electron chi connectivity index (χ2n) is 3.70. The van der Waals surface area contributed by atoms with Gasteiger partial charge in [-0.25, -0.2) is 8.78 Å². The molecule has 0 unspecified atom stereocenters. The van der Waals surface area contributed by atoms with E-state index in [1.165, 1.54) is 0 Å². The molecule has 2 aromatic rings. The van der Waals surface area contributed by atoms with Crippen molar-refractivity contribution >= 4 is 43.5 Å². The van der Waals surface area contributed by atoms with Gasteiger partial charge in [-0.05, 0) is 51.8 Å². The summed E-state index contributed by atoms with van der Waals surface area (Å²) in [4.78, 5) is 0. The molecule has 0 atom stereocenters. The molecule has 0 aliphatic rings. The van der Waals surface area contributed by atoms with Crippen LogP contribution in [0.1, 0.15) is 5.56 Å². The number of rotatable bonds is 3. The molecule has 1 nitrogen and oxygen atoms in total. The molecule has 0 heterocycles. The Morgan fingerprint density at radius 3 is 2.21 bits per heavy atom. The van der Waals surface area contributed by atoms with Crippen molar-refractivity contribution in [3.8, 4) is 11.5 Å². The summed E-state index contributed by atoms with van der Waals surface area (Å²) >= 11 is 12.1. The molecule has 0 aliphatic heterocycles. The van der Waals surface area contributed by atoms with E-state index < -0.39 is 17.4 Å². The molecule has 0 saturated carbocycles. The predicted molar refractivity (Wildman–Crippen MR) is 77.8 cm³/mol. The zero-order valence-corrected chi connectivity index (χ0v) is 13.3. The van der Waals surface area contributed by atoms with Gasteiger partial charge in [-0.15, -0.1) is 11.6 Å². The summed E-state index contributed by atoms with van der Waals surface area (Å²) in [6, 6.07) is 7.33. The summed E-state index contributed by atoms with van der Waals surface area (Å²) in [6.07, 6.45) is 0. The quantitative estimate of drug-likeness (QED) is 0.560. The lowest BCUT2D eigenvalue weighted by Gasteiger charge is -2.10. The molecule has 0 spiro atoms. The Kier molecular flexibility index (Phi) is 4.81. The fourth-order valence-corrected chi connectivity index (χ4v) is 2.74. The van der Waals surface area contributed by atoms with Gasteiger partial charge in [0.15, 0.2) is 17.4 Å². The lowest BCUT2D eigenvalue weighted by Crippen LogP contribution is -1.95. The van der Waals surface area contributed by atoms with Gasteiger partial charge in [-0.3, -0.25) is 0 Å². The second kappa shape index (κ2) is 6.20. The number of halogens is 5. The third-order valence-electron chi connectivity index (χ3n) is 2.32. The molecule has 0 aromatic heterocycles. The van der Waals surface area contributed by atoms with E-state index in [0.717, 1.165) is 16.6 Å². The van der Waals surface area contributed by atoms with Crippen molar-refractivity contribution < 1.29 is 13.5 Å². The Bertz CT molecular complexity index is 597. The standard InChI is InChI=1S/C13H7Br2ClF2O/c14-8-1-2-12(9(15)5-8)19-13-10(17)3-7(6-16)4-11(13)18/h1-5H,6H2. The fraction of sp³-hybridized carbons (Fsp3) is 0.0769. The van der Waals surface area contributed by atoms with Crippen LogP contribution in [-0.4, -0.2) is 0 Å². The zero-order valence-electron chi connectivity index (χ0n) is 9.39. The van der Waals surface area contributed by atoms with Gasteiger partial charge in [0, 0.05) is 10.4 Å². The van der Waals surface area contributed by atoms with Crippen LogP contribution in [-0.2, 0) is 5.88 Å². The highest BCUT2D eigenvalue weighted by molar-refractivity contribution is 9.11.